The highest BCUT2D eigenvalue weighted by Crippen LogP contribution is 2.36. The zero-order valence-electron chi connectivity index (χ0n) is 14.7. The maximum absolute atomic E-state index is 14.5. The molecule has 0 saturated heterocycles. The number of hydrogen-bond donors (Lipinski definition) is 0. The predicted molar refractivity (Wildman–Crippen MR) is 99.6 cm³/mol. The Morgan fingerprint density at radius 2 is 1.58 bits per heavy atom. The summed E-state index contributed by atoms with van der Waals surface area (Å²) in [5.41, 5.74) is 2.18. The Morgan fingerprint density at radius 1 is 0.885 bits per heavy atom. The summed E-state index contributed by atoms with van der Waals surface area (Å²) in [5, 5.41) is 0. The monoisotopic (exact) mass is 354 g/mol. The molecule has 1 aliphatic carbocycles. The van der Waals surface area contributed by atoms with E-state index >= 15 is 0 Å². The quantitative estimate of drug-likeness (QED) is 0.548. The van der Waals surface area contributed by atoms with Crippen LogP contribution < -0.4 is 0 Å². The summed E-state index contributed by atoms with van der Waals surface area (Å²) in [6.07, 6.45) is 5.04. The van der Waals surface area contributed by atoms with Crippen molar-refractivity contribution in [1.29, 1.82) is 0 Å². The lowest BCUT2D eigenvalue weighted by Crippen LogP contribution is -2.15. The van der Waals surface area contributed by atoms with Gasteiger partial charge in [0.2, 0.25) is 0 Å². The summed E-state index contributed by atoms with van der Waals surface area (Å²) in [6, 6.07) is 10.7. The Balaban J connectivity index is 1.80. The Bertz CT molecular complexity index is 846. The SMILES string of the molecule is C/C=C/c1ccc(C#Cc2ccc(C3CCC(F)CC3)c(F)c2F)cc1. The molecule has 134 valence electrons. The first-order valence-corrected chi connectivity index (χ1v) is 8.95. The van der Waals surface area contributed by atoms with E-state index in [-0.39, 0.29) is 11.5 Å². The van der Waals surface area contributed by atoms with E-state index in [9.17, 15) is 13.2 Å². The molecule has 0 amide bonds. The lowest BCUT2D eigenvalue weighted by atomic mass is 9.82. The normalized spacial score (nSPS) is 20.0. The van der Waals surface area contributed by atoms with Crippen LogP contribution in [-0.4, -0.2) is 6.17 Å². The Labute approximate surface area is 152 Å². The topological polar surface area (TPSA) is 0 Å². The summed E-state index contributed by atoms with van der Waals surface area (Å²) in [5.74, 6) is 3.72. The van der Waals surface area contributed by atoms with Gasteiger partial charge < -0.3 is 0 Å². The van der Waals surface area contributed by atoms with Gasteiger partial charge in [0.25, 0.3) is 0 Å². The van der Waals surface area contributed by atoms with Crippen molar-refractivity contribution in [3.63, 3.8) is 0 Å². The minimum atomic E-state index is -0.914. The minimum absolute atomic E-state index is 0.0444. The summed E-state index contributed by atoms with van der Waals surface area (Å²) in [6.45, 7) is 1.94. The van der Waals surface area contributed by atoms with Crippen molar-refractivity contribution >= 4 is 6.08 Å². The van der Waals surface area contributed by atoms with E-state index in [1.54, 1.807) is 6.07 Å². The first-order valence-electron chi connectivity index (χ1n) is 8.95. The van der Waals surface area contributed by atoms with Crippen LogP contribution in [0.15, 0.2) is 42.5 Å². The second-order valence-corrected chi connectivity index (χ2v) is 6.65. The molecular formula is C23H21F3. The molecule has 0 N–H and O–H groups in total. The smallest absolute Gasteiger partial charge is 0.174 e. The second kappa shape index (κ2) is 8.27. The third-order valence-electron chi connectivity index (χ3n) is 4.82. The molecule has 1 saturated carbocycles. The Kier molecular flexibility index (Phi) is 5.83. The van der Waals surface area contributed by atoms with Crippen molar-refractivity contribution in [2.75, 3.05) is 0 Å². The maximum Gasteiger partial charge on any atom is 0.174 e. The van der Waals surface area contributed by atoms with E-state index in [0.717, 1.165) is 11.1 Å². The van der Waals surface area contributed by atoms with Gasteiger partial charge in [-0.1, -0.05) is 42.2 Å². The van der Waals surface area contributed by atoms with Crippen molar-refractivity contribution in [3.05, 3.63) is 76.4 Å². The van der Waals surface area contributed by atoms with Gasteiger partial charge in [0.05, 0.1) is 5.56 Å². The van der Waals surface area contributed by atoms with Crippen molar-refractivity contribution in [2.24, 2.45) is 0 Å². The summed E-state index contributed by atoms with van der Waals surface area (Å²) in [7, 11) is 0. The minimum Gasteiger partial charge on any atom is -0.247 e. The Hall–Kier alpha value is -2.47. The molecule has 0 unspecified atom stereocenters. The second-order valence-electron chi connectivity index (χ2n) is 6.65. The number of hydrogen-bond acceptors (Lipinski definition) is 0. The number of halogens is 3. The maximum atomic E-state index is 14.5. The Morgan fingerprint density at radius 3 is 2.23 bits per heavy atom. The first-order chi connectivity index (χ1) is 12.6. The van der Waals surface area contributed by atoms with Crippen LogP contribution in [0.5, 0.6) is 0 Å². The molecule has 0 aromatic heterocycles. The van der Waals surface area contributed by atoms with Gasteiger partial charge in [-0.3, -0.25) is 0 Å². The fraction of sp³-hybridized carbons (Fsp3) is 0.304. The van der Waals surface area contributed by atoms with Crippen LogP contribution in [0.2, 0.25) is 0 Å². The van der Waals surface area contributed by atoms with Crippen LogP contribution >= 0.6 is 0 Å². The molecule has 0 aliphatic heterocycles. The highest BCUT2D eigenvalue weighted by Gasteiger charge is 2.25. The highest BCUT2D eigenvalue weighted by atomic mass is 19.2. The van der Waals surface area contributed by atoms with Crippen LogP contribution in [0.3, 0.4) is 0 Å². The fourth-order valence-electron chi connectivity index (χ4n) is 3.35. The van der Waals surface area contributed by atoms with Crippen LogP contribution in [-0.2, 0) is 0 Å². The van der Waals surface area contributed by atoms with Gasteiger partial charge in [-0.15, -0.1) is 0 Å². The fourth-order valence-corrected chi connectivity index (χ4v) is 3.35. The van der Waals surface area contributed by atoms with Gasteiger partial charge >= 0.3 is 0 Å². The van der Waals surface area contributed by atoms with Crippen molar-refractivity contribution in [1.82, 2.24) is 0 Å². The molecule has 1 fully saturated rings. The predicted octanol–water partition coefficient (Wildman–Crippen LogP) is 6.39. The average molecular weight is 354 g/mol. The van der Waals surface area contributed by atoms with Gasteiger partial charge in [0.15, 0.2) is 11.6 Å². The summed E-state index contributed by atoms with van der Waals surface area (Å²) in [4.78, 5) is 0. The van der Waals surface area contributed by atoms with Gasteiger partial charge in [-0.25, -0.2) is 13.2 Å². The van der Waals surface area contributed by atoms with Crippen LogP contribution in [0.1, 0.15) is 60.8 Å². The lowest BCUT2D eigenvalue weighted by Gasteiger charge is -2.25. The van der Waals surface area contributed by atoms with E-state index in [1.165, 1.54) is 6.07 Å². The van der Waals surface area contributed by atoms with Crippen LogP contribution in [0.25, 0.3) is 6.08 Å². The van der Waals surface area contributed by atoms with E-state index in [0.29, 0.717) is 31.2 Å². The van der Waals surface area contributed by atoms with Gasteiger partial charge in [0, 0.05) is 5.56 Å². The standard InChI is InChI=1S/C23H21F3/c1-2-3-16-4-6-17(7-5-16)8-9-19-12-15-21(23(26)22(19)25)18-10-13-20(24)14-11-18/h2-7,12,15,18,20H,10-11,13-14H2,1H3/b3-2+. The molecule has 1 aliphatic rings. The molecule has 26 heavy (non-hydrogen) atoms. The van der Waals surface area contributed by atoms with E-state index in [4.69, 9.17) is 0 Å². The average Bonchev–Trinajstić information content (AvgIpc) is 2.65. The molecule has 0 nitrogen and oxygen atoms in total. The third kappa shape index (κ3) is 4.19. The van der Waals surface area contributed by atoms with E-state index in [1.807, 2.05) is 43.3 Å². The summed E-state index contributed by atoms with van der Waals surface area (Å²) < 4.78 is 42.1. The molecular weight excluding hydrogens is 333 g/mol. The van der Waals surface area contributed by atoms with Gasteiger partial charge in [-0.05, 0) is 67.9 Å². The molecule has 0 heterocycles. The molecule has 0 radical (unpaired) electrons. The zero-order valence-corrected chi connectivity index (χ0v) is 14.7. The van der Waals surface area contributed by atoms with E-state index in [2.05, 4.69) is 11.8 Å². The number of allylic oxidation sites excluding steroid dienone is 1. The first kappa shape index (κ1) is 18.3. The lowest BCUT2D eigenvalue weighted by molar-refractivity contribution is 0.233. The molecule has 0 atom stereocenters. The highest BCUT2D eigenvalue weighted by molar-refractivity contribution is 5.52. The van der Waals surface area contributed by atoms with Crippen LogP contribution in [0.4, 0.5) is 13.2 Å². The van der Waals surface area contributed by atoms with Crippen molar-refractivity contribution < 1.29 is 13.2 Å². The largest absolute Gasteiger partial charge is 0.247 e. The van der Waals surface area contributed by atoms with Gasteiger partial charge in [-0.2, -0.15) is 0 Å². The third-order valence-corrected chi connectivity index (χ3v) is 4.82. The molecule has 0 bridgehead atoms. The number of benzene rings is 2. The molecule has 3 heteroatoms. The zero-order chi connectivity index (χ0) is 18.5. The molecule has 3 rings (SSSR count). The molecule has 2 aromatic rings. The molecule has 0 spiro atoms. The molecule has 2 aromatic carbocycles. The van der Waals surface area contributed by atoms with Crippen LogP contribution in [0, 0.1) is 23.5 Å². The van der Waals surface area contributed by atoms with Crippen molar-refractivity contribution in [3.8, 4) is 11.8 Å². The summed E-state index contributed by atoms with van der Waals surface area (Å²) >= 11 is 0. The number of alkyl halides is 1. The van der Waals surface area contributed by atoms with Gasteiger partial charge in [0.1, 0.15) is 6.17 Å². The van der Waals surface area contributed by atoms with E-state index < -0.39 is 17.8 Å². The van der Waals surface area contributed by atoms with Crippen molar-refractivity contribution in [2.45, 2.75) is 44.7 Å². The number of rotatable bonds is 2.